The second-order valence-corrected chi connectivity index (χ2v) is 9.79. The molecule has 0 heterocycles. The Kier molecular flexibility index (Phi) is 5.97. The standard InChI is InChI=1S/C29H28ClNO4/c1-34-23-14-20(15-24(18-23)35-2)26-16-19-6-3-4-9-25(19)28(26)10-12-29(13-11-28,27(32)33)31-22-8-5-7-21(30)17-22/h3-9,14-18,31H,10-13H2,1-2H3,(H,32,33). The molecule has 2 aliphatic carbocycles. The molecule has 0 radical (unpaired) electrons. The van der Waals surface area contributed by atoms with E-state index in [0.29, 0.717) is 30.7 Å². The average Bonchev–Trinajstić information content (AvgIpc) is 3.19. The van der Waals surface area contributed by atoms with Crippen molar-refractivity contribution in [1.29, 1.82) is 0 Å². The minimum absolute atomic E-state index is 0.289. The topological polar surface area (TPSA) is 67.8 Å². The fourth-order valence-corrected chi connectivity index (χ4v) is 5.89. The number of carbonyl (C=O) groups is 1. The number of hydrogen-bond donors (Lipinski definition) is 2. The lowest BCUT2D eigenvalue weighted by atomic mass is 9.61. The number of carboxylic acid groups (broad SMARTS) is 1. The van der Waals surface area contributed by atoms with Gasteiger partial charge in [0.15, 0.2) is 0 Å². The van der Waals surface area contributed by atoms with Gasteiger partial charge >= 0.3 is 5.97 Å². The maximum atomic E-state index is 12.6. The van der Waals surface area contributed by atoms with Crippen LogP contribution in [0.15, 0.2) is 66.7 Å². The first-order valence-electron chi connectivity index (χ1n) is 11.7. The summed E-state index contributed by atoms with van der Waals surface area (Å²) in [6.07, 6.45) is 4.56. The van der Waals surface area contributed by atoms with Gasteiger partial charge in [0.1, 0.15) is 17.0 Å². The van der Waals surface area contributed by atoms with Crippen LogP contribution in [0.4, 0.5) is 5.69 Å². The van der Waals surface area contributed by atoms with Crippen molar-refractivity contribution in [3.05, 3.63) is 88.4 Å². The number of aliphatic carboxylic acids is 1. The van der Waals surface area contributed by atoms with Crippen molar-refractivity contribution in [1.82, 2.24) is 0 Å². The smallest absolute Gasteiger partial charge is 0.329 e. The number of hydrogen-bond acceptors (Lipinski definition) is 4. The van der Waals surface area contributed by atoms with E-state index in [4.69, 9.17) is 21.1 Å². The van der Waals surface area contributed by atoms with Gasteiger partial charge in [0, 0.05) is 22.2 Å². The number of nitrogens with one attached hydrogen (secondary N) is 1. The first-order valence-corrected chi connectivity index (χ1v) is 12.1. The van der Waals surface area contributed by atoms with Crippen molar-refractivity contribution >= 4 is 34.9 Å². The van der Waals surface area contributed by atoms with E-state index in [2.05, 4.69) is 29.6 Å². The van der Waals surface area contributed by atoms with E-state index >= 15 is 0 Å². The van der Waals surface area contributed by atoms with E-state index in [9.17, 15) is 9.90 Å². The number of carboxylic acids is 1. The largest absolute Gasteiger partial charge is 0.497 e. The van der Waals surface area contributed by atoms with Crippen LogP contribution in [0.1, 0.15) is 42.4 Å². The Morgan fingerprint density at radius 1 is 0.914 bits per heavy atom. The SMILES string of the molecule is COc1cc(OC)cc(C2=Cc3ccccc3C23CCC(Nc2cccc(Cl)c2)(C(=O)O)CC3)c1. The zero-order valence-electron chi connectivity index (χ0n) is 19.8. The molecule has 5 rings (SSSR count). The van der Waals surface area contributed by atoms with Crippen LogP contribution in [0.25, 0.3) is 11.6 Å². The van der Waals surface area contributed by atoms with Crippen molar-refractivity contribution in [2.45, 2.75) is 36.6 Å². The molecule has 0 saturated heterocycles. The zero-order valence-corrected chi connectivity index (χ0v) is 20.6. The summed E-state index contributed by atoms with van der Waals surface area (Å²) >= 11 is 6.16. The molecule has 3 aromatic rings. The van der Waals surface area contributed by atoms with E-state index in [1.807, 2.05) is 36.4 Å². The van der Waals surface area contributed by atoms with Gasteiger partial charge < -0.3 is 19.9 Å². The number of fused-ring (bicyclic) bond motifs is 2. The second kappa shape index (κ2) is 8.97. The quantitative estimate of drug-likeness (QED) is 0.405. The third-order valence-corrected chi connectivity index (χ3v) is 7.76. The van der Waals surface area contributed by atoms with Crippen molar-refractivity contribution in [2.75, 3.05) is 19.5 Å². The summed E-state index contributed by atoms with van der Waals surface area (Å²) in [5, 5.41) is 14.2. The Morgan fingerprint density at radius 2 is 1.60 bits per heavy atom. The Morgan fingerprint density at radius 3 is 2.23 bits per heavy atom. The normalized spacial score (nSPS) is 22.9. The van der Waals surface area contributed by atoms with E-state index in [1.54, 1.807) is 26.4 Å². The Bertz CT molecular complexity index is 1290. The van der Waals surface area contributed by atoms with Crippen LogP contribution in [-0.4, -0.2) is 30.8 Å². The first-order chi connectivity index (χ1) is 16.9. The second-order valence-electron chi connectivity index (χ2n) is 9.35. The fourth-order valence-electron chi connectivity index (χ4n) is 5.70. The molecule has 0 aliphatic heterocycles. The molecule has 6 heteroatoms. The van der Waals surface area contributed by atoms with Crippen molar-refractivity contribution in [3.8, 4) is 11.5 Å². The van der Waals surface area contributed by atoms with Gasteiger partial charge in [-0.05, 0) is 84.4 Å². The van der Waals surface area contributed by atoms with Gasteiger partial charge in [-0.25, -0.2) is 4.79 Å². The number of benzene rings is 3. The Hall–Kier alpha value is -3.44. The predicted molar refractivity (Wildman–Crippen MR) is 139 cm³/mol. The third kappa shape index (κ3) is 4.04. The van der Waals surface area contributed by atoms with Crippen LogP contribution in [0.5, 0.6) is 11.5 Å². The van der Waals surface area contributed by atoms with E-state index in [0.717, 1.165) is 22.7 Å². The van der Waals surface area contributed by atoms with E-state index in [-0.39, 0.29) is 5.41 Å². The number of anilines is 1. The molecule has 180 valence electrons. The summed E-state index contributed by atoms with van der Waals surface area (Å²) in [6, 6.07) is 21.6. The summed E-state index contributed by atoms with van der Waals surface area (Å²) in [4.78, 5) is 12.6. The Balaban J connectivity index is 1.54. The minimum atomic E-state index is -1.06. The first kappa shape index (κ1) is 23.3. The molecule has 0 unspecified atom stereocenters. The molecular weight excluding hydrogens is 462 g/mol. The van der Waals surface area contributed by atoms with Crippen LogP contribution in [0.2, 0.25) is 5.02 Å². The van der Waals surface area contributed by atoms with Crippen molar-refractivity contribution < 1.29 is 19.4 Å². The van der Waals surface area contributed by atoms with Crippen molar-refractivity contribution in [2.24, 2.45) is 0 Å². The highest BCUT2D eigenvalue weighted by Crippen LogP contribution is 2.57. The summed E-state index contributed by atoms with van der Waals surface area (Å²) in [5.74, 6) is 0.613. The lowest BCUT2D eigenvalue weighted by molar-refractivity contribution is -0.143. The van der Waals surface area contributed by atoms with Crippen LogP contribution >= 0.6 is 11.6 Å². The molecule has 0 aromatic heterocycles. The molecule has 35 heavy (non-hydrogen) atoms. The number of ether oxygens (including phenoxy) is 2. The monoisotopic (exact) mass is 489 g/mol. The summed E-state index contributed by atoms with van der Waals surface area (Å²) in [6.45, 7) is 0. The molecule has 1 fully saturated rings. The molecular formula is C29H28ClNO4. The fraction of sp³-hybridized carbons (Fsp3) is 0.276. The number of halogens is 1. The molecule has 3 aromatic carbocycles. The molecule has 2 aliphatic rings. The van der Waals surface area contributed by atoms with E-state index in [1.165, 1.54) is 16.7 Å². The predicted octanol–water partition coefficient (Wildman–Crippen LogP) is 6.66. The van der Waals surface area contributed by atoms with Gasteiger partial charge in [0.2, 0.25) is 0 Å². The average molecular weight is 490 g/mol. The lowest BCUT2D eigenvalue weighted by Gasteiger charge is -2.45. The maximum Gasteiger partial charge on any atom is 0.329 e. The maximum absolute atomic E-state index is 12.6. The van der Waals surface area contributed by atoms with Gasteiger partial charge in [0.05, 0.1) is 14.2 Å². The van der Waals surface area contributed by atoms with Crippen LogP contribution in [-0.2, 0) is 10.2 Å². The molecule has 1 spiro atoms. The molecule has 1 saturated carbocycles. The highest BCUT2D eigenvalue weighted by Gasteiger charge is 2.51. The number of allylic oxidation sites excluding steroid dienone is 1. The van der Waals surface area contributed by atoms with Gasteiger partial charge in [-0.15, -0.1) is 0 Å². The van der Waals surface area contributed by atoms with E-state index < -0.39 is 11.5 Å². The van der Waals surface area contributed by atoms with Crippen LogP contribution in [0, 0.1) is 0 Å². The molecule has 0 bridgehead atoms. The summed E-state index contributed by atoms with van der Waals surface area (Å²) < 4.78 is 11.1. The lowest BCUT2D eigenvalue weighted by Crippen LogP contribution is -2.52. The molecule has 0 atom stereocenters. The van der Waals surface area contributed by atoms with Crippen LogP contribution < -0.4 is 14.8 Å². The minimum Gasteiger partial charge on any atom is -0.497 e. The van der Waals surface area contributed by atoms with Gasteiger partial charge in [0.25, 0.3) is 0 Å². The van der Waals surface area contributed by atoms with Crippen LogP contribution in [0.3, 0.4) is 0 Å². The third-order valence-electron chi connectivity index (χ3n) is 7.53. The molecule has 2 N–H and O–H groups in total. The number of rotatable bonds is 6. The highest BCUT2D eigenvalue weighted by atomic mass is 35.5. The summed E-state index contributed by atoms with van der Waals surface area (Å²) in [5.41, 5.74) is 4.00. The molecule has 0 amide bonds. The van der Waals surface area contributed by atoms with Crippen molar-refractivity contribution in [3.63, 3.8) is 0 Å². The van der Waals surface area contributed by atoms with Gasteiger partial charge in [-0.3, -0.25) is 0 Å². The van der Waals surface area contributed by atoms with Gasteiger partial charge in [-0.1, -0.05) is 41.9 Å². The van der Waals surface area contributed by atoms with Gasteiger partial charge in [-0.2, -0.15) is 0 Å². The zero-order chi connectivity index (χ0) is 24.6. The highest BCUT2D eigenvalue weighted by molar-refractivity contribution is 6.30. The number of methoxy groups -OCH3 is 2. The Labute approximate surface area is 210 Å². The molecule has 5 nitrogen and oxygen atoms in total. The summed E-state index contributed by atoms with van der Waals surface area (Å²) in [7, 11) is 3.30.